The van der Waals surface area contributed by atoms with Crippen LogP contribution in [0.25, 0.3) is 0 Å². The summed E-state index contributed by atoms with van der Waals surface area (Å²) in [5.74, 6) is 2.64. The number of aliphatic imine (C=N–C) groups is 1. The van der Waals surface area contributed by atoms with Gasteiger partial charge in [-0.2, -0.15) is 0 Å². The first-order chi connectivity index (χ1) is 16.1. The second-order valence-corrected chi connectivity index (χ2v) is 8.69. The van der Waals surface area contributed by atoms with Gasteiger partial charge in [0.2, 0.25) is 5.91 Å². The maximum Gasteiger partial charge on any atom is 0.230 e. The molecular weight excluding hydrogens is 410 g/mol. The second-order valence-electron chi connectivity index (χ2n) is 8.69. The van der Waals surface area contributed by atoms with Crippen LogP contribution in [0, 0.1) is 6.92 Å². The van der Waals surface area contributed by atoms with Crippen molar-refractivity contribution in [1.29, 1.82) is 0 Å². The summed E-state index contributed by atoms with van der Waals surface area (Å²) < 4.78 is 6.25. The Hall–Kier alpha value is -3.60. The Labute approximate surface area is 195 Å². The van der Waals surface area contributed by atoms with E-state index in [2.05, 4.69) is 43.0 Å². The minimum absolute atomic E-state index is 0.0859. The number of para-hydroxylation sites is 1. The lowest BCUT2D eigenvalue weighted by molar-refractivity contribution is -0.134. The Bertz CT molecular complexity index is 1180. The van der Waals surface area contributed by atoms with Crippen LogP contribution in [0.2, 0.25) is 0 Å². The predicted octanol–water partition coefficient (Wildman–Crippen LogP) is 5.52. The highest BCUT2D eigenvalue weighted by molar-refractivity contribution is 6.04. The van der Waals surface area contributed by atoms with Gasteiger partial charge in [-0.25, -0.2) is 4.99 Å². The molecule has 168 valence electrons. The molecule has 1 amide bonds. The third-order valence-electron chi connectivity index (χ3n) is 6.49. The third-order valence-corrected chi connectivity index (χ3v) is 6.49. The molecule has 2 heterocycles. The topological polar surface area (TPSA) is 45.1 Å². The number of piperazine rings is 1. The van der Waals surface area contributed by atoms with E-state index in [0.29, 0.717) is 13.1 Å². The molecule has 1 unspecified atom stereocenters. The molecule has 1 atom stereocenters. The van der Waals surface area contributed by atoms with Crippen LogP contribution in [-0.4, -0.2) is 47.7 Å². The van der Waals surface area contributed by atoms with Gasteiger partial charge in [0.1, 0.15) is 17.3 Å². The molecule has 1 saturated heterocycles. The highest BCUT2D eigenvalue weighted by atomic mass is 16.5. The van der Waals surface area contributed by atoms with Gasteiger partial charge in [-0.05, 0) is 48.7 Å². The molecule has 3 aromatic rings. The molecule has 2 aliphatic heterocycles. The summed E-state index contributed by atoms with van der Waals surface area (Å²) >= 11 is 0. The van der Waals surface area contributed by atoms with Crippen molar-refractivity contribution in [2.45, 2.75) is 26.2 Å². The second kappa shape index (κ2) is 9.10. The summed E-state index contributed by atoms with van der Waals surface area (Å²) in [6.07, 6.45) is 0.802. The molecule has 0 radical (unpaired) electrons. The molecule has 33 heavy (non-hydrogen) atoms. The number of amidine groups is 1. The number of ether oxygens (including phenoxy) is 1. The van der Waals surface area contributed by atoms with Crippen LogP contribution in [0.4, 0.5) is 5.69 Å². The van der Waals surface area contributed by atoms with Gasteiger partial charge in [-0.1, -0.05) is 55.5 Å². The molecule has 0 N–H and O–H groups in total. The summed E-state index contributed by atoms with van der Waals surface area (Å²) in [6.45, 7) is 7.00. The summed E-state index contributed by atoms with van der Waals surface area (Å²) in [5, 5.41) is 0. The van der Waals surface area contributed by atoms with Crippen LogP contribution >= 0.6 is 0 Å². The largest absolute Gasteiger partial charge is 0.454 e. The number of carbonyl (C=O) groups excluding carboxylic acids is 1. The first-order valence-electron chi connectivity index (χ1n) is 11.7. The molecule has 0 aromatic heterocycles. The van der Waals surface area contributed by atoms with Crippen LogP contribution in [0.1, 0.15) is 36.0 Å². The molecule has 5 rings (SSSR count). The summed E-state index contributed by atoms with van der Waals surface area (Å²) in [7, 11) is 0. The molecule has 2 aliphatic rings. The average molecular weight is 440 g/mol. The Morgan fingerprint density at radius 1 is 0.939 bits per heavy atom. The van der Waals surface area contributed by atoms with E-state index >= 15 is 0 Å². The zero-order valence-electron chi connectivity index (χ0n) is 19.2. The fourth-order valence-electron chi connectivity index (χ4n) is 4.67. The van der Waals surface area contributed by atoms with Gasteiger partial charge in [0.05, 0.1) is 11.5 Å². The first kappa shape index (κ1) is 21.3. The van der Waals surface area contributed by atoms with Crippen molar-refractivity contribution >= 4 is 17.4 Å². The highest BCUT2D eigenvalue weighted by Crippen LogP contribution is 2.38. The number of hydrogen-bond acceptors (Lipinski definition) is 4. The molecule has 0 spiro atoms. The van der Waals surface area contributed by atoms with Crippen LogP contribution in [0.3, 0.4) is 0 Å². The maximum absolute atomic E-state index is 13.3. The Morgan fingerprint density at radius 3 is 2.42 bits per heavy atom. The van der Waals surface area contributed by atoms with Crippen molar-refractivity contribution in [2.75, 3.05) is 26.2 Å². The van der Waals surface area contributed by atoms with E-state index in [0.717, 1.165) is 59.2 Å². The van der Waals surface area contributed by atoms with Gasteiger partial charge in [-0.3, -0.25) is 4.79 Å². The monoisotopic (exact) mass is 439 g/mol. The highest BCUT2D eigenvalue weighted by Gasteiger charge is 2.30. The van der Waals surface area contributed by atoms with E-state index in [-0.39, 0.29) is 11.8 Å². The first-order valence-corrected chi connectivity index (χ1v) is 11.7. The van der Waals surface area contributed by atoms with Crippen LogP contribution in [-0.2, 0) is 4.79 Å². The molecule has 1 fully saturated rings. The number of benzene rings is 3. The number of fused-ring (bicyclic) bond motifs is 2. The number of nitrogens with zero attached hydrogens (tertiary/aromatic N) is 3. The van der Waals surface area contributed by atoms with Gasteiger partial charge in [-0.15, -0.1) is 0 Å². The molecule has 0 saturated carbocycles. The minimum atomic E-state index is -0.0859. The third kappa shape index (κ3) is 4.23. The zero-order valence-corrected chi connectivity index (χ0v) is 19.2. The van der Waals surface area contributed by atoms with Crippen molar-refractivity contribution in [1.82, 2.24) is 9.80 Å². The van der Waals surface area contributed by atoms with Crippen molar-refractivity contribution in [3.8, 4) is 11.5 Å². The van der Waals surface area contributed by atoms with Crippen molar-refractivity contribution in [3.05, 3.63) is 89.5 Å². The Morgan fingerprint density at radius 2 is 1.67 bits per heavy atom. The maximum atomic E-state index is 13.3. The fraction of sp³-hybridized carbons (Fsp3) is 0.286. The number of hydrogen-bond donors (Lipinski definition) is 0. The number of rotatable bonds is 3. The molecule has 5 heteroatoms. The summed E-state index contributed by atoms with van der Waals surface area (Å²) in [5.41, 5.74) is 4.06. The van der Waals surface area contributed by atoms with E-state index in [9.17, 15) is 4.79 Å². The molecular formula is C28H29N3O2. The number of carbonyl (C=O) groups is 1. The van der Waals surface area contributed by atoms with Gasteiger partial charge >= 0.3 is 0 Å². The fourth-order valence-corrected chi connectivity index (χ4v) is 4.67. The standard InChI is InChI=1S/C28H29N3O2/c1-3-22(21-9-5-4-6-10-21)28(32)31-17-15-30(16-18-31)27-23-11-7-8-12-25(23)33-26-19-20(2)13-14-24(26)29-27/h4-14,19,22H,3,15-18H2,1-2H3. The van der Waals surface area contributed by atoms with Crippen LogP contribution in [0.5, 0.6) is 11.5 Å². The van der Waals surface area contributed by atoms with Crippen molar-refractivity contribution in [3.63, 3.8) is 0 Å². The average Bonchev–Trinajstić information content (AvgIpc) is 3.01. The quantitative estimate of drug-likeness (QED) is 0.540. The van der Waals surface area contributed by atoms with E-state index in [1.165, 1.54) is 0 Å². The lowest BCUT2D eigenvalue weighted by Gasteiger charge is -2.38. The Kier molecular flexibility index (Phi) is 5.86. The molecule has 0 aliphatic carbocycles. The minimum Gasteiger partial charge on any atom is -0.454 e. The SMILES string of the molecule is CCC(C(=O)N1CCN(C2=Nc3ccc(C)cc3Oc3ccccc32)CC1)c1ccccc1. The van der Waals surface area contributed by atoms with E-state index in [1.54, 1.807) is 0 Å². The lowest BCUT2D eigenvalue weighted by atomic mass is 9.94. The van der Waals surface area contributed by atoms with Crippen LogP contribution in [0.15, 0.2) is 77.8 Å². The number of aryl methyl sites for hydroxylation is 1. The van der Waals surface area contributed by atoms with Crippen molar-refractivity contribution < 1.29 is 9.53 Å². The van der Waals surface area contributed by atoms with Gasteiger partial charge in [0, 0.05) is 26.2 Å². The van der Waals surface area contributed by atoms with Gasteiger partial charge < -0.3 is 14.5 Å². The molecule has 0 bridgehead atoms. The normalized spacial score (nSPS) is 16.1. The lowest BCUT2D eigenvalue weighted by Crippen LogP contribution is -2.51. The smallest absolute Gasteiger partial charge is 0.230 e. The number of amides is 1. The zero-order chi connectivity index (χ0) is 22.8. The Balaban J connectivity index is 1.38. The summed E-state index contributed by atoms with van der Waals surface area (Å²) in [4.78, 5) is 22.6. The van der Waals surface area contributed by atoms with Crippen LogP contribution < -0.4 is 4.74 Å². The van der Waals surface area contributed by atoms with Crippen molar-refractivity contribution in [2.24, 2.45) is 4.99 Å². The van der Waals surface area contributed by atoms with E-state index in [4.69, 9.17) is 9.73 Å². The van der Waals surface area contributed by atoms with E-state index in [1.807, 2.05) is 53.4 Å². The van der Waals surface area contributed by atoms with E-state index < -0.39 is 0 Å². The molecule has 5 nitrogen and oxygen atoms in total. The molecule has 3 aromatic carbocycles. The predicted molar refractivity (Wildman–Crippen MR) is 132 cm³/mol. The van der Waals surface area contributed by atoms with Gasteiger partial charge in [0.25, 0.3) is 0 Å². The summed E-state index contributed by atoms with van der Waals surface area (Å²) in [6, 6.07) is 24.3. The van der Waals surface area contributed by atoms with Gasteiger partial charge in [0.15, 0.2) is 5.75 Å².